The van der Waals surface area contributed by atoms with Crippen LogP contribution in [0.1, 0.15) is 52.7 Å². The van der Waals surface area contributed by atoms with E-state index in [-0.39, 0.29) is 10.8 Å². The third kappa shape index (κ3) is 2.97. The van der Waals surface area contributed by atoms with Gasteiger partial charge in [0.05, 0.1) is 0 Å². The minimum atomic E-state index is -1.57. The maximum atomic E-state index is 13.9. The van der Waals surface area contributed by atoms with E-state index in [1.165, 1.54) is 0 Å². The predicted octanol–water partition coefficient (Wildman–Crippen LogP) is 5.94. The van der Waals surface area contributed by atoms with Crippen molar-refractivity contribution in [2.75, 3.05) is 0 Å². The highest BCUT2D eigenvalue weighted by Gasteiger charge is 2.69. The first kappa shape index (κ1) is 20.8. The van der Waals surface area contributed by atoms with Crippen LogP contribution in [0.5, 0.6) is 0 Å². The van der Waals surface area contributed by atoms with E-state index in [2.05, 4.69) is 41.5 Å². The van der Waals surface area contributed by atoms with Crippen LogP contribution in [0.2, 0.25) is 0 Å². The van der Waals surface area contributed by atoms with Crippen molar-refractivity contribution in [1.82, 2.24) is 0 Å². The zero-order valence-electron chi connectivity index (χ0n) is 16.8. The van der Waals surface area contributed by atoms with Gasteiger partial charge in [-0.15, -0.1) is 11.8 Å². The third-order valence-electron chi connectivity index (χ3n) is 5.18. The van der Waals surface area contributed by atoms with Crippen LogP contribution in [0.15, 0.2) is 60.7 Å². The zero-order chi connectivity index (χ0) is 20.1. The van der Waals surface area contributed by atoms with Crippen molar-refractivity contribution in [3.8, 4) is 0 Å². The summed E-state index contributed by atoms with van der Waals surface area (Å²) in [6.07, 6.45) is 0. The predicted molar refractivity (Wildman–Crippen MR) is 119 cm³/mol. The smallest absolute Gasteiger partial charge is 0.135 e. The maximum absolute atomic E-state index is 13.9. The number of rotatable bonds is 2. The van der Waals surface area contributed by atoms with Crippen LogP contribution in [0.3, 0.4) is 0 Å². The molecule has 0 bridgehead atoms. The Kier molecular flexibility index (Phi) is 5.28. The summed E-state index contributed by atoms with van der Waals surface area (Å²) in [7, 11) is -3.13. The van der Waals surface area contributed by atoms with E-state index in [4.69, 9.17) is 0 Å². The minimum absolute atomic E-state index is 0.346. The standard InChI is InChI=1S/C22H28O2S3/c1-19(2,3)21(17-13-9-7-10-14-17)25-22(20(4,5)6,27(24)26(21)23)18-15-11-8-12-16-18/h7-16H,1-6H3/t21-,22-,26?,27?/m1/s1. The summed E-state index contributed by atoms with van der Waals surface area (Å²) in [4.78, 5) is 0. The van der Waals surface area contributed by atoms with Crippen LogP contribution in [0, 0.1) is 10.8 Å². The second-order valence-corrected chi connectivity index (χ2v) is 15.0. The van der Waals surface area contributed by atoms with Gasteiger partial charge in [-0.1, -0.05) is 102 Å². The summed E-state index contributed by atoms with van der Waals surface area (Å²) in [6.45, 7) is 12.6. The lowest BCUT2D eigenvalue weighted by Gasteiger charge is -2.44. The molecule has 1 aliphatic heterocycles. The molecule has 1 saturated heterocycles. The van der Waals surface area contributed by atoms with Gasteiger partial charge in [-0.2, -0.15) is 0 Å². The number of thioether (sulfide) groups is 1. The summed E-state index contributed by atoms with van der Waals surface area (Å²) < 4.78 is 26.3. The Morgan fingerprint density at radius 3 is 1.19 bits per heavy atom. The van der Waals surface area contributed by atoms with Gasteiger partial charge in [-0.05, 0) is 22.0 Å². The molecule has 0 aliphatic carbocycles. The molecular formula is C22H28O2S3. The first-order valence-electron chi connectivity index (χ1n) is 9.14. The van der Waals surface area contributed by atoms with Crippen molar-refractivity contribution in [3.05, 3.63) is 71.8 Å². The van der Waals surface area contributed by atoms with Crippen LogP contribution in [0.25, 0.3) is 0 Å². The fourth-order valence-corrected chi connectivity index (χ4v) is 13.9. The minimum Gasteiger partial charge on any atom is -0.244 e. The fourth-order valence-electron chi connectivity index (χ4n) is 3.78. The molecule has 4 atom stereocenters. The SMILES string of the molecule is CC(C)(C)[C@]1(c2ccccc2)S[C@@](c2ccccc2)(C(C)(C)C)S(=O)S1=O. The van der Waals surface area contributed by atoms with Crippen LogP contribution in [0.4, 0.5) is 0 Å². The maximum Gasteiger partial charge on any atom is 0.135 e. The topological polar surface area (TPSA) is 34.1 Å². The Labute approximate surface area is 171 Å². The Morgan fingerprint density at radius 2 is 0.926 bits per heavy atom. The largest absolute Gasteiger partial charge is 0.244 e. The summed E-state index contributed by atoms with van der Waals surface area (Å²) in [6, 6.07) is 19.9. The Hall–Kier alpha value is -0.910. The molecule has 1 fully saturated rings. The zero-order valence-corrected chi connectivity index (χ0v) is 19.3. The van der Waals surface area contributed by atoms with Crippen LogP contribution in [-0.4, -0.2) is 8.42 Å². The molecular weight excluding hydrogens is 392 g/mol. The van der Waals surface area contributed by atoms with Crippen LogP contribution in [-0.2, 0) is 27.8 Å². The van der Waals surface area contributed by atoms with Gasteiger partial charge in [0.15, 0.2) is 0 Å². The Balaban J connectivity index is 2.36. The van der Waals surface area contributed by atoms with Gasteiger partial charge in [0.1, 0.15) is 27.8 Å². The van der Waals surface area contributed by atoms with E-state index < -0.39 is 27.8 Å². The van der Waals surface area contributed by atoms with Gasteiger partial charge in [-0.25, -0.2) is 8.42 Å². The summed E-state index contributed by atoms with van der Waals surface area (Å²) in [5, 5.41) is 0. The Morgan fingerprint density at radius 1 is 0.630 bits per heavy atom. The molecule has 3 rings (SSSR count). The average molecular weight is 421 g/mol. The lowest BCUT2D eigenvalue weighted by atomic mass is 9.85. The highest BCUT2D eigenvalue weighted by Crippen LogP contribution is 2.71. The molecule has 2 aromatic carbocycles. The van der Waals surface area contributed by atoms with E-state index in [0.717, 1.165) is 11.1 Å². The van der Waals surface area contributed by atoms with Crippen LogP contribution >= 0.6 is 11.8 Å². The van der Waals surface area contributed by atoms with Gasteiger partial charge < -0.3 is 0 Å². The van der Waals surface area contributed by atoms with Gasteiger partial charge in [0, 0.05) is 0 Å². The summed E-state index contributed by atoms with van der Waals surface area (Å²) >= 11 is 1.64. The van der Waals surface area contributed by atoms with Crippen molar-refractivity contribution in [2.45, 2.75) is 49.7 Å². The Bertz CT molecular complexity index is 792. The molecule has 2 unspecified atom stereocenters. The van der Waals surface area contributed by atoms with E-state index >= 15 is 0 Å². The van der Waals surface area contributed by atoms with Crippen molar-refractivity contribution >= 4 is 31.4 Å². The highest BCUT2D eigenvalue weighted by atomic mass is 33.1. The van der Waals surface area contributed by atoms with E-state index in [0.29, 0.717) is 0 Å². The lowest BCUT2D eigenvalue weighted by molar-refractivity contribution is 0.348. The molecule has 0 N–H and O–H groups in total. The van der Waals surface area contributed by atoms with E-state index in [1.54, 1.807) is 11.8 Å². The molecule has 1 aliphatic rings. The molecule has 0 aromatic heterocycles. The van der Waals surface area contributed by atoms with Crippen molar-refractivity contribution < 1.29 is 8.42 Å². The number of benzene rings is 2. The summed E-state index contributed by atoms with van der Waals surface area (Å²) in [5.41, 5.74) is 1.27. The molecule has 2 nitrogen and oxygen atoms in total. The monoisotopic (exact) mass is 420 g/mol. The molecule has 0 amide bonds. The molecule has 0 radical (unpaired) electrons. The van der Waals surface area contributed by atoms with Crippen LogP contribution < -0.4 is 0 Å². The highest BCUT2D eigenvalue weighted by molar-refractivity contribution is 8.69. The number of hydrogen-bond donors (Lipinski definition) is 0. The molecule has 5 heteroatoms. The normalized spacial score (nSPS) is 31.8. The molecule has 1 heterocycles. The number of hydrogen-bond acceptors (Lipinski definition) is 3. The molecule has 2 aromatic rings. The van der Waals surface area contributed by atoms with E-state index in [9.17, 15) is 8.42 Å². The first-order chi connectivity index (χ1) is 12.5. The second-order valence-electron chi connectivity index (χ2n) is 9.04. The molecule has 0 spiro atoms. The molecule has 27 heavy (non-hydrogen) atoms. The van der Waals surface area contributed by atoms with Gasteiger partial charge in [-0.3, -0.25) is 0 Å². The van der Waals surface area contributed by atoms with Crippen molar-refractivity contribution in [2.24, 2.45) is 10.8 Å². The quantitative estimate of drug-likeness (QED) is 0.564. The fraction of sp³-hybridized carbons (Fsp3) is 0.455. The third-order valence-corrected chi connectivity index (χ3v) is 14.7. The lowest BCUT2D eigenvalue weighted by Crippen LogP contribution is -2.40. The van der Waals surface area contributed by atoms with Gasteiger partial charge >= 0.3 is 0 Å². The van der Waals surface area contributed by atoms with Crippen molar-refractivity contribution in [3.63, 3.8) is 0 Å². The molecule has 0 saturated carbocycles. The van der Waals surface area contributed by atoms with E-state index in [1.807, 2.05) is 60.7 Å². The van der Waals surface area contributed by atoms with Crippen molar-refractivity contribution in [1.29, 1.82) is 0 Å². The molecule has 146 valence electrons. The average Bonchev–Trinajstić information content (AvgIpc) is 2.86. The van der Waals surface area contributed by atoms with Gasteiger partial charge in [0.2, 0.25) is 0 Å². The summed E-state index contributed by atoms with van der Waals surface area (Å²) in [5.74, 6) is 0. The second kappa shape index (κ2) is 6.85. The van der Waals surface area contributed by atoms with Gasteiger partial charge in [0.25, 0.3) is 0 Å². The first-order valence-corrected chi connectivity index (χ1v) is 12.8.